The zero-order valence-electron chi connectivity index (χ0n) is 13.4. The smallest absolute Gasteiger partial charge is 0.408 e. The molecule has 120 valence electrons. The van der Waals surface area contributed by atoms with Crippen LogP contribution in [0.15, 0.2) is 35.5 Å². The Kier molecular flexibility index (Phi) is 6.56. The predicted molar refractivity (Wildman–Crippen MR) is 83.6 cm³/mol. The zero-order valence-corrected chi connectivity index (χ0v) is 13.4. The highest BCUT2D eigenvalue weighted by molar-refractivity contribution is 6.00. The van der Waals surface area contributed by atoms with Gasteiger partial charge < -0.3 is 14.9 Å². The lowest BCUT2D eigenvalue weighted by Gasteiger charge is -2.19. The highest BCUT2D eigenvalue weighted by atomic mass is 16.7. The van der Waals surface area contributed by atoms with Crippen LogP contribution in [0.5, 0.6) is 0 Å². The summed E-state index contributed by atoms with van der Waals surface area (Å²) in [5, 5.41) is 6.16. The average Bonchev–Trinajstić information content (AvgIpc) is 2.45. The summed E-state index contributed by atoms with van der Waals surface area (Å²) in [6.07, 6.45) is -0.0521. The second kappa shape index (κ2) is 8.17. The van der Waals surface area contributed by atoms with Crippen LogP contribution in [0.1, 0.15) is 39.7 Å². The van der Waals surface area contributed by atoms with Crippen molar-refractivity contribution in [3.05, 3.63) is 35.9 Å². The van der Waals surface area contributed by atoms with Crippen LogP contribution in [0.25, 0.3) is 0 Å². The Morgan fingerprint density at radius 2 is 1.82 bits per heavy atom. The third-order valence-corrected chi connectivity index (χ3v) is 2.48. The summed E-state index contributed by atoms with van der Waals surface area (Å²) >= 11 is 0. The van der Waals surface area contributed by atoms with Gasteiger partial charge in [0.1, 0.15) is 12.1 Å². The first-order valence-electron chi connectivity index (χ1n) is 7.11. The molecule has 0 aliphatic rings. The number of hydrogen-bond acceptors (Lipinski definition) is 5. The van der Waals surface area contributed by atoms with Crippen molar-refractivity contribution in [2.24, 2.45) is 5.16 Å². The van der Waals surface area contributed by atoms with Gasteiger partial charge in [-0.3, -0.25) is 0 Å². The fourth-order valence-corrected chi connectivity index (χ4v) is 1.55. The first-order valence-corrected chi connectivity index (χ1v) is 7.11. The number of ether oxygens (including phenoxy) is 1. The van der Waals surface area contributed by atoms with E-state index in [1.807, 2.05) is 37.3 Å². The molecule has 1 aromatic rings. The van der Waals surface area contributed by atoms with Crippen LogP contribution in [0, 0.1) is 0 Å². The first-order chi connectivity index (χ1) is 10.3. The maximum absolute atomic E-state index is 11.6. The third kappa shape index (κ3) is 6.88. The minimum absolute atomic E-state index is 0.301. The Morgan fingerprint density at radius 3 is 2.36 bits per heavy atom. The van der Waals surface area contributed by atoms with E-state index in [4.69, 9.17) is 9.57 Å². The fourth-order valence-electron chi connectivity index (χ4n) is 1.55. The minimum atomic E-state index is -0.674. The molecule has 1 amide bonds. The standard InChI is InChI=1S/C16H22N2O4/c1-5-13(12-9-7-6-8-10-12)18-22-14(19)11-17-15(20)21-16(2,3)4/h6-10H,5,11H2,1-4H3,(H,17,20)/b18-13+. The maximum atomic E-state index is 11.6. The minimum Gasteiger partial charge on any atom is -0.444 e. The molecule has 22 heavy (non-hydrogen) atoms. The molecule has 0 atom stereocenters. The topological polar surface area (TPSA) is 77.0 Å². The fraction of sp³-hybridized carbons (Fsp3) is 0.438. The lowest BCUT2D eigenvalue weighted by Crippen LogP contribution is -2.35. The van der Waals surface area contributed by atoms with Crippen LogP contribution in [0.3, 0.4) is 0 Å². The summed E-state index contributed by atoms with van der Waals surface area (Å²) in [7, 11) is 0. The molecule has 0 spiro atoms. The highest BCUT2D eigenvalue weighted by Crippen LogP contribution is 2.06. The monoisotopic (exact) mass is 306 g/mol. The van der Waals surface area contributed by atoms with Crippen LogP contribution < -0.4 is 5.32 Å². The summed E-state index contributed by atoms with van der Waals surface area (Å²) in [4.78, 5) is 27.8. The molecular formula is C16H22N2O4. The number of rotatable bonds is 5. The number of alkyl carbamates (subject to hydrolysis) is 1. The molecule has 0 unspecified atom stereocenters. The maximum Gasteiger partial charge on any atom is 0.408 e. The number of benzene rings is 1. The van der Waals surface area contributed by atoms with E-state index in [0.29, 0.717) is 12.1 Å². The van der Waals surface area contributed by atoms with E-state index in [1.54, 1.807) is 20.8 Å². The van der Waals surface area contributed by atoms with Gasteiger partial charge in [0.05, 0.1) is 5.71 Å². The Labute approximate surface area is 130 Å². The zero-order chi connectivity index (χ0) is 16.6. The van der Waals surface area contributed by atoms with E-state index < -0.39 is 17.7 Å². The first kappa shape index (κ1) is 17.7. The van der Waals surface area contributed by atoms with E-state index in [0.717, 1.165) is 5.56 Å². The molecule has 0 bridgehead atoms. The van der Waals surface area contributed by atoms with Crippen LogP contribution >= 0.6 is 0 Å². The molecular weight excluding hydrogens is 284 g/mol. The van der Waals surface area contributed by atoms with Crippen molar-refractivity contribution in [1.29, 1.82) is 0 Å². The number of amides is 1. The lowest BCUT2D eigenvalue weighted by molar-refractivity contribution is -0.142. The molecule has 0 aliphatic carbocycles. The molecule has 0 saturated carbocycles. The molecule has 0 radical (unpaired) electrons. The molecule has 1 N–H and O–H groups in total. The normalized spacial score (nSPS) is 11.7. The van der Waals surface area contributed by atoms with Gasteiger partial charge in [0.2, 0.25) is 0 Å². The van der Waals surface area contributed by atoms with Gasteiger partial charge in [0.25, 0.3) is 0 Å². The SMILES string of the molecule is CC/C(=N\OC(=O)CNC(=O)OC(C)(C)C)c1ccccc1. The van der Waals surface area contributed by atoms with Gasteiger partial charge in [-0.25, -0.2) is 9.59 Å². The Morgan fingerprint density at radius 1 is 1.18 bits per heavy atom. The number of hydrogen-bond donors (Lipinski definition) is 1. The summed E-state index contributed by atoms with van der Waals surface area (Å²) < 4.78 is 5.01. The second-order valence-corrected chi connectivity index (χ2v) is 5.58. The van der Waals surface area contributed by atoms with Gasteiger partial charge in [0.15, 0.2) is 0 Å². The van der Waals surface area contributed by atoms with Crippen molar-refractivity contribution in [3.8, 4) is 0 Å². The van der Waals surface area contributed by atoms with Crippen LogP contribution in [0.4, 0.5) is 4.79 Å². The Hall–Kier alpha value is -2.37. The van der Waals surface area contributed by atoms with E-state index in [1.165, 1.54) is 0 Å². The van der Waals surface area contributed by atoms with Gasteiger partial charge in [-0.1, -0.05) is 42.4 Å². The molecule has 0 saturated heterocycles. The van der Waals surface area contributed by atoms with Gasteiger partial charge in [-0.15, -0.1) is 0 Å². The van der Waals surface area contributed by atoms with E-state index in [-0.39, 0.29) is 6.54 Å². The number of oxime groups is 1. The third-order valence-electron chi connectivity index (χ3n) is 2.48. The number of nitrogens with zero attached hydrogens (tertiary/aromatic N) is 1. The van der Waals surface area contributed by atoms with Crippen molar-refractivity contribution in [2.75, 3.05) is 6.54 Å². The molecule has 6 nitrogen and oxygen atoms in total. The van der Waals surface area contributed by atoms with Crippen molar-refractivity contribution in [3.63, 3.8) is 0 Å². The molecule has 1 rings (SSSR count). The molecule has 0 aromatic heterocycles. The van der Waals surface area contributed by atoms with Gasteiger partial charge in [-0.05, 0) is 32.8 Å². The predicted octanol–water partition coefficient (Wildman–Crippen LogP) is 2.87. The summed E-state index contributed by atoms with van der Waals surface area (Å²) in [5.74, 6) is -0.659. The number of nitrogens with one attached hydrogen (secondary N) is 1. The van der Waals surface area contributed by atoms with E-state index >= 15 is 0 Å². The average molecular weight is 306 g/mol. The Balaban J connectivity index is 2.48. The van der Waals surface area contributed by atoms with Crippen molar-refractivity contribution in [2.45, 2.75) is 39.7 Å². The molecule has 1 aromatic carbocycles. The van der Waals surface area contributed by atoms with E-state index in [2.05, 4.69) is 10.5 Å². The number of carbonyl (C=O) groups is 2. The molecule has 0 fully saturated rings. The van der Waals surface area contributed by atoms with E-state index in [9.17, 15) is 9.59 Å². The molecule has 6 heteroatoms. The van der Waals surface area contributed by atoms with Gasteiger partial charge in [-0.2, -0.15) is 0 Å². The lowest BCUT2D eigenvalue weighted by atomic mass is 10.1. The van der Waals surface area contributed by atoms with Crippen molar-refractivity contribution < 1.29 is 19.2 Å². The van der Waals surface area contributed by atoms with Crippen molar-refractivity contribution in [1.82, 2.24) is 5.32 Å². The van der Waals surface area contributed by atoms with Crippen LogP contribution in [0.2, 0.25) is 0 Å². The van der Waals surface area contributed by atoms with Gasteiger partial charge >= 0.3 is 12.1 Å². The van der Waals surface area contributed by atoms with Crippen LogP contribution in [-0.4, -0.2) is 29.9 Å². The molecule has 0 aliphatic heterocycles. The quantitative estimate of drug-likeness (QED) is 0.515. The van der Waals surface area contributed by atoms with Gasteiger partial charge in [0, 0.05) is 0 Å². The summed E-state index contributed by atoms with van der Waals surface area (Å²) in [5.41, 5.74) is 0.929. The second-order valence-electron chi connectivity index (χ2n) is 5.58. The summed E-state index contributed by atoms with van der Waals surface area (Å²) in [6.45, 7) is 6.83. The largest absolute Gasteiger partial charge is 0.444 e. The highest BCUT2D eigenvalue weighted by Gasteiger charge is 2.17. The van der Waals surface area contributed by atoms with Crippen molar-refractivity contribution >= 4 is 17.8 Å². The summed E-state index contributed by atoms with van der Waals surface area (Å²) in [6, 6.07) is 9.43. The number of carbonyl (C=O) groups excluding carboxylic acids is 2. The molecule has 0 heterocycles. The Bertz CT molecular complexity index is 533. The van der Waals surface area contributed by atoms with Crippen LogP contribution in [-0.2, 0) is 14.4 Å².